The van der Waals surface area contributed by atoms with Crippen LogP contribution < -0.4 is 0 Å². The van der Waals surface area contributed by atoms with E-state index in [-0.39, 0.29) is 16.5 Å². The van der Waals surface area contributed by atoms with Crippen molar-refractivity contribution in [1.29, 1.82) is 0 Å². The largest absolute Gasteiger partial charge is 0.0916 e. The van der Waals surface area contributed by atoms with Crippen molar-refractivity contribution in [2.45, 2.75) is 32.6 Å². The maximum atomic E-state index is 2.36. The van der Waals surface area contributed by atoms with Gasteiger partial charge in [0, 0.05) is 16.5 Å². The number of hydrogen-bond donors (Lipinski definition) is 0. The number of rotatable bonds is 2. The van der Waals surface area contributed by atoms with Crippen LogP contribution in [-0.2, 0) is 16.5 Å². The Hall–Kier alpha value is -0.286. The summed E-state index contributed by atoms with van der Waals surface area (Å²) >= 11 is 0. The standard InChI is InChI=1S/C12H18.Ni/c1-2-3-9-12-10-7-5-4-6-8-11-12;/h2-3,5,7-8,11-12H,4,6,9-10H2,1H3;. The van der Waals surface area contributed by atoms with E-state index in [2.05, 4.69) is 43.4 Å². The first-order valence-electron chi connectivity index (χ1n) is 4.86. The van der Waals surface area contributed by atoms with Gasteiger partial charge in [0.05, 0.1) is 0 Å². The molecule has 1 atom stereocenters. The summed E-state index contributed by atoms with van der Waals surface area (Å²) < 4.78 is 0. The minimum atomic E-state index is 0. The normalized spacial score (nSPS) is 22.4. The average molecular weight is 221 g/mol. The van der Waals surface area contributed by atoms with Gasteiger partial charge in [-0.15, -0.1) is 0 Å². The average Bonchev–Trinajstić information content (AvgIpc) is 2.02. The molecule has 0 nitrogen and oxygen atoms in total. The molecule has 0 fully saturated rings. The summed E-state index contributed by atoms with van der Waals surface area (Å²) in [5, 5.41) is 0. The van der Waals surface area contributed by atoms with Crippen molar-refractivity contribution >= 4 is 0 Å². The maximum absolute atomic E-state index is 2.36. The molecule has 0 saturated heterocycles. The van der Waals surface area contributed by atoms with Gasteiger partial charge in [0.15, 0.2) is 0 Å². The van der Waals surface area contributed by atoms with Crippen molar-refractivity contribution in [3.8, 4) is 0 Å². The fourth-order valence-corrected chi connectivity index (χ4v) is 1.43. The van der Waals surface area contributed by atoms with Crippen molar-refractivity contribution in [3.05, 3.63) is 36.5 Å². The second-order valence-corrected chi connectivity index (χ2v) is 3.28. The van der Waals surface area contributed by atoms with Crippen molar-refractivity contribution in [2.24, 2.45) is 5.92 Å². The van der Waals surface area contributed by atoms with Gasteiger partial charge in [-0.3, -0.25) is 0 Å². The smallest absolute Gasteiger partial charge is 0 e. The first-order valence-corrected chi connectivity index (χ1v) is 4.86. The summed E-state index contributed by atoms with van der Waals surface area (Å²) in [4.78, 5) is 0. The summed E-state index contributed by atoms with van der Waals surface area (Å²) in [7, 11) is 0. The van der Waals surface area contributed by atoms with Crippen LogP contribution in [0.1, 0.15) is 32.6 Å². The van der Waals surface area contributed by atoms with Crippen LogP contribution in [0.5, 0.6) is 0 Å². The molecule has 13 heavy (non-hydrogen) atoms. The summed E-state index contributed by atoms with van der Waals surface area (Å²) in [5.74, 6) is 0.734. The van der Waals surface area contributed by atoms with Gasteiger partial charge < -0.3 is 0 Å². The molecule has 1 unspecified atom stereocenters. The van der Waals surface area contributed by atoms with E-state index in [4.69, 9.17) is 0 Å². The van der Waals surface area contributed by atoms with Gasteiger partial charge in [-0.25, -0.2) is 0 Å². The molecule has 0 radical (unpaired) electrons. The zero-order chi connectivity index (χ0) is 8.65. The van der Waals surface area contributed by atoms with Crippen molar-refractivity contribution in [2.75, 3.05) is 0 Å². The monoisotopic (exact) mass is 220 g/mol. The first-order chi connectivity index (χ1) is 5.93. The Labute approximate surface area is 91.7 Å². The van der Waals surface area contributed by atoms with Crippen LogP contribution in [0.3, 0.4) is 0 Å². The Bertz CT molecular complexity index is 187. The summed E-state index contributed by atoms with van der Waals surface area (Å²) in [6, 6.07) is 0. The zero-order valence-electron chi connectivity index (χ0n) is 8.19. The molecule has 0 N–H and O–H groups in total. The molecule has 0 bridgehead atoms. The molecule has 1 heteroatoms. The fraction of sp³-hybridized carbons (Fsp3) is 0.500. The molecule has 1 rings (SSSR count). The van der Waals surface area contributed by atoms with Crippen LogP contribution in [0.25, 0.3) is 0 Å². The van der Waals surface area contributed by atoms with Gasteiger partial charge in [-0.1, -0.05) is 36.5 Å². The van der Waals surface area contributed by atoms with Crippen molar-refractivity contribution < 1.29 is 16.5 Å². The van der Waals surface area contributed by atoms with Crippen LogP contribution in [0.15, 0.2) is 36.5 Å². The van der Waals surface area contributed by atoms with Gasteiger partial charge in [0.2, 0.25) is 0 Å². The van der Waals surface area contributed by atoms with Crippen LogP contribution in [0.2, 0.25) is 0 Å². The Kier molecular flexibility index (Phi) is 8.13. The first kappa shape index (κ1) is 12.7. The van der Waals surface area contributed by atoms with Gasteiger partial charge in [-0.2, -0.15) is 0 Å². The molecule has 0 saturated carbocycles. The predicted molar refractivity (Wildman–Crippen MR) is 55.1 cm³/mol. The second-order valence-electron chi connectivity index (χ2n) is 3.28. The van der Waals surface area contributed by atoms with E-state index in [1.54, 1.807) is 0 Å². The molecule has 1 aliphatic carbocycles. The minimum absolute atomic E-state index is 0. The fourth-order valence-electron chi connectivity index (χ4n) is 1.43. The molecule has 0 spiro atoms. The van der Waals surface area contributed by atoms with E-state index in [1.165, 1.54) is 25.7 Å². The SMILES string of the molecule is CC=CCC1C=CCCC=CC1.[Ni]. The van der Waals surface area contributed by atoms with Gasteiger partial charge in [0.1, 0.15) is 0 Å². The molecular weight excluding hydrogens is 203 g/mol. The quantitative estimate of drug-likeness (QED) is 0.490. The van der Waals surface area contributed by atoms with Crippen LogP contribution >= 0.6 is 0 Å². The van der Waals surface area contributed by atoms with Crippen molar-refractivity contribution in [3.63, 3.8) is 0 Å². The summed E-state index contributed by atoms with van der Waals surface area (Å²) in [5.41, 5.74) is 0. The molecule has 1 aliphatic rings. The van der Waals surface area contributed by atoms with E-state index in [9.17, 15) is 0 Å². The second kappa shape index (κ2) is 8.32. The Morgan fingerprint density at radius 3 is 2.77 bits per heavy atom. The third kappa shape index (κ3) is 5.88. The van der Waals surface area contributed by atoms with Gasteiger partial charge in [0.25, 0.3) is 0 Å². The van der Waals surface area contributed by atoms with Crippen molar-refractivity contribution in [1.82, 2.24) is 0 Å². The third-order valence-electron chi connectivity index (χ3n) is 2.19. The zero-order valence-corrected chi connectivity index (χ0v) is 9.17. The molecule has 0 aromatic heterocycles. The summed E-state index contributed by atoms with van der Waals surface area (Å²) in [6.45, 7) is 2.09. The molecule has 0 amide bonds. The Morgan fingerprint density at radius 2 is 2.00 bits per heavy atom. The van der Waals surface area contributed by atoms with E-state index in [0.717, 1.165) is 5.92 Å². The molecule has 0 aromatic rings. The van der Waals surface area contributed by atoms with Crippen LogP contribution in [0, 0.1) is 5.92 Å². The molecule has 0 aliphatic heterocycles. The minimum Gasteiger partial charge on any atom is -0.0916 e. The third-order valence-corrected chi connectivity index (χ3v) is 2.19. The van der Waals surface area contributed by atoms with E-state index in [0.29, 0.717) is 0 Å². The molecular formula is C12H18Ni. The topological polar surface area (TPSA) is 0 Å². The van der Waals surface area contributed by atoms with E-state index < -0.39 is 0 Å². The molecule has 0 heterocycles. The maximum Gasteiger partial charge on any atom is 0 e. The summed E-state index contributed by atoms with van der Waals surface area (Å²) in [6.07, 6.45) is 18.5. The van der Waals surface area contributed by atoms with Crippen LogP contribution in [0.4, 0.5) is 0 Å². The van der Waals surface area contributed by atoms with E-state index >= 15 is 0 Å². The Morgan fingerprint density at radius 1 is 1.23 bits per heavy atom. The van der Waals surface area contributed by atoms with Crippen LogP contribution in [-0.4, -0.2) is 0 Å². The predicted octanol–water partition coefficient (Wildman–Crippen LogP) is 3.86. The van der Waals surface area contributed by atoms with Gasteiger partial charge >= 0.3 is 0 Å². The number of hydrogen-bond acceptors (Lipinski definition) is 0. The molecule has 76 valence electrons. The molecule has 0 aromatic carbocycles. The Balaban J connectivity index is 0.00000144. The van der Waals surface area contributed by atoms with E-state index in [1.807, 2.05) is 0 Å². The van der Waals surface area contributed by atoms with Gasteiger partial charge in [-0.05, 0) is 38.5 Å². The number of allylic oxidation sites excluding steroid dienone is 6.